The molecule has 1 rings (SSSR count). The lowest BCUT2D eigenvalue weighted by Gasteiger charge is -2.10. The highest BCUT2D eigenvalue weighted by Crippen LogP contribution is 2.21. The van der Waals surface area contributed by atoms with Crippen LogP contribution >= 0.6 is 0 Å². The van der Waals surface area contributed by atoms with Crippen molar-refractivity contribution in [3.8, 4) is 0 Å². The Kier molecular flexibility index (Phi) is 2.95. The summed E-state index contributed by atoms with van der Waals surface area (Å²) in [6, 6.07) is 2.33. The van der Waals surface area contributed by atoms with Gasteiger partial charge >= 0.3 is 0 Å². The van der Waals surface area contributed by atoms with Gasteiger partial charge in [0.1, 0.15) is 11.6 Å². The molecule has 0 aromatic heterocycles. The predicted molar refractivity (Wildman–Crippen MR) is 45.1 cm³/mol. The largest absolute Gasteiger partial charge is 0.387 e. The second-order valence-corrected chi connectivity index (χ2v) is 2.89. The third-order valence-electron chi connectivity index (χ3n) is 1.78. The number of nitrogens with two attached hydrogens (primary N) is 1. The highest BCUT2D eigenvalue weighted by atomic mass is 19.1. The Hall–Kier alpha value is -1.00. The van der Waals surface area contributed by atoms with E-state index < -0.39 is 17.7 Å². The summed E-state index contributed by atoms with van der Waals surface area (Å²) in [5.41, 5.74) is 5.22. The Morgan fingerprint density at radius 2 is 1.85 bits per heavy atom. The van der Waals surface area contributed by atoms with Gasteiger partial charge in [0.15, 0.2) is 0 Å². The molecule has 0 heterocycles. The Balaban J connectivity index is 3.20. The number of rotatable bonds is 2. The van der Waals surface area contributed by atoms with E-state index in [1.165, 1.54) is 0 Å². The first-order valence-electron chi connectivity index (χ1n) is 3.90. The lowest BCUT2D eigenvalue weighted by molar-refractivity contribution is 0.176. The van der Waals surface area contributed by atoms with Crippen molar-refractivity contribution in [2.24, 2.45) is 5.73 Å². The molecule has 0 aliphatic rings. The minimum atomic E-state index is -1.28. The molecular weight excluding hydrogens is 176 g/mol. The van der Waals surface area contributed by atoms with Crippen LogP contribution in [-0.4, -0.2) is 11.7 Å². The summed E-state index contributed by atoms with van der Waals surface area (Å²) in [5.74, 6) is -1.51. The highest BCUT2D eigenvalue weighted by Gasteiger charge is 2.16. The van der Waals surface area contributed by atoms with E-state index in [4.69, 9.17) is 5.73 Å². The zero-order valence-electron chi connectivity index (χ0n) is 7.22. The molecule has 0 unspecified atom stereocenters. The molecular formula is C9H11F2NO. The van der Waals surface area contributed by atoms with Crippen molar-refractivity contribution in [3.05, 3.63) is 34.9 Å². The zero-order valence-corrected chi connectivity index (χ0v) is 7.22. The summed E-state index contributed by atoms with van der Waals surface area (Å²) in [6.45, 7) is 1.38. The second-order valence-electron chi connectivity index (χ2n) is 2.89. The molecule has 0 bridgehead atoms. The predicted octanol–water partition coefficient (Wildman–Crippen LogP) is 1.27. The maximum Gasteiger partial charge on any atom is 0.132 e. The molecule has 0 spiro atoms. The molecule has 0 saturated heterocycles. The highest BCUT2D eigenvalue weighted by molar-refractivity contribution is 5.27. The molecule has 0 aliphatic heterocycles. The smallest absolute Gasteiger partial charge is 0.132 e. The second kappa shape index (κ2) is 3.81. The molecule has 1 aromatic rings. The average Bonchev–Trinajstić information content (AvgIpc) is 2.02. The number of benzene rings is 1. The third-order valence-corrected chi connectivity index (χ3v) is 1.78. The molecule has 2 nitrogen and oxygen atoms in total. The van der Waals surface area contributed by atoms with Crippen LogP contribution in [0.1, 0.15) is 17.2 Å². The Morgan fingerprint density at radius 3 is 2.23 bits per heavy atom. The van der Waals surface area contributed by atoms with Gasteiger partial charge in [0.05, 0.1) is 11.7 Å². The van der Waals surface area contributed by atoms with E-state index >= 15 is 0 Å². The van der Waals surface area contributed by atoms with Crippen LogP contribution in [-0.2, 0) is 0 Å². The van der Waals surface area contributed by atoms with Gasteiger partial charge in [0.25, 0.3) is 0 Å². The number of aryl methyl sites for hydroxylation is 1. The van der Waals surface area contributed by atoms with Gasteiger partial charge in [-0.1, -0.05) is 0 Å². The summed E-state index contributed by atoms with van der Waals surface area (Å²) in [7, 11) is 0. The van der Waals surface area contributed by atoms with E-state index in [9.17, 15) is 13.9 Å². The summed E-state index contributed by atoms with van der Waals surface area (Å²) < 4.78 is 26.2. The molecule has 0 aliphatic carbocycles. The van der Waals surface area contributed by atoms with E-state index in [-0.39, 0.29) is 12.1 Å². The number of hydrogen-bond acceptors (Lipinski definition) is 2. The van der Waals surface area contributed by atoms with Crippen molar-refractivity contribution in [3.63, 3.8) is 0 Å². The first kappa shape index (κ1) is 10.1. The molecule has 1 atom stereocenters. The summed E-state index contributed by atoms with van der Waals surface area (Å²) in [4.78, 5) is 0. The van der Waals surface area contributed by atoms with Crippen LogP contribution in [0.15, 0.2) is 12.1 Å². The molecule has 3 N–H and O–H groups in total. The standard InChI is InChI=1S/C9H11F2NO/c1-5-2-6(10)9(7(11)3-5)8(13)4-12/h2-3,8,13H,4,12H2,1H3/t8-/m0/s1. The number of aliphatic hydroxyl groups excluding tert-OH is 1. The first-order chi connectivity index (χ1) is 6.06. The molecule has 1 aromatic carbocycles. The van der Waals surface area contributed by atoms with Crippen molar-refractivity contribution in [2.75, 3.05) is 6.54 Å². The molecule has 0 saturated carbocycles. The minimum Gasteiger partial charge on any atom is -0.387 e. The lowest BCUT2D eigenvalue weighted by Crippen LogP contribution is -2.15. The third kappa shape index (κ3) is 2.02. The van der Waals surface area contributed by atoms with Gasteiger partial charge in [0.2, 0.25) is 0 Å². The molecule has 72 valence electrons. The fraction of sp³-hybridized carbons (Fsp3) is 0.333. The van der Waals surface area contributed by atoms with Gasteiger partial charge in [-0.3, -0.25) is 0 Å². The van der Waals surface area contributed by atoms with E-state index in [1.54, 1.807) is 6.92 Å². The van der Waals surface area contributed by atoms with E-state index in [1.807, 2.05) is 0 Å². The van der Waals surface area contributed by atoms with E-state index in [0.29, 0.717) is 5.56 Å². The molecule has 0 amide bonds. The fourth-order valence-electron chi connectivity index (χ4n) is 1.15. The monoisotopic (exact) mass is 187 g/mol. The topological polar surface area (TPSA) is 46.2 Å². The first-order valence-corrected chi connectivity index (χ1v) is 3.90. The summed E-state index contributed by atoms with van der Waals surface area (Å²) >= 11 is 0. The van der Waals surface area contributed by atoms with Gasteiger partial charge in [-0.15, -0.1) is 0 Å². The number of hydrogen-bond donors (Lipinski definition) is 2. The van der Waals surface area contributed by atoms with Gasteiger partial charge in [0, 0.05) is 6.54 Å². The average molecular weight is 187 g/mol. The van der Waals surface area contributed by atoms with Crippen LogP contribution < -0.4 is 5.73 Å². The van der Waals surface area contributed by atoms with Gasteiger partial charge in [-0.2, -0.15) is 0 Å². The summed E-state index contributed by atoms with van der Waals surface area (Å²) in [6.07, 6.45) is -1.28. The van der Waals surface area contributed by atoms with Crippen LogP contribution in [0, 0.1) is 18.6 Å². The molecule has 0 radical (unpaired) electrons. The van der Waals surface area contributed by atoms with Gasteiger partial charge in [-0.05, 0) is 24.6 Å². The van der Waals surface area contributed by atoms with Crippen molar-refractivity contribution in [1.29, 1.82) is 0 Å². The number of aliphatic hydroxyl groups is 1. The maximum atomic E-state index is 13.1. The lowest BCUT2D eigenvalue weighted by atomic mass is 10.1. The zero-order chi connectivity index (χ0) is 10.0. The summed E-state index contributed by atoms with van der Waals surface area (Å²) in [5, 5.41) is 9.18. The van der Waals surface area contributed by atoms with E-state index in [0.717, 1.165) is 12.1 Å². The molecule has 4 heteroatoms. The van der Waals surface area contributed by atoms with Crippen LogP contribution in [0.5, 0.6) is 0 Å². The van der Waals surface area contributed by atoms with Crippen LogP contribution in [0.3, 0.4) is 0 Å². The van der Waals surface area contributed by atoms with E-state index in [2.05, 4.69) is 0 Å². The number of halogens is 2. The SMILES string of the molecule is Cc1cc(F)c([C@@H](O)CN)c(F)c1. The van der Waals surface area contributed by atoms with Crippen molar-refractivity contribution in [1.82, 2.24) is 0 Å². The quantitative estimate of drug-likeness (QED) is 0.732. The van der Waals surface area contributed by atoms with Crippen LogP contribution in [0.4, 0.5) is 8.78 Å². The van der Waals surface area contributed by atoms with Gasteiger partial charge < -0.3 is 10.8 Å². The van der Waals surface area contributed by atoms with Crippen molar-refractivity contribution < 1.29 is 13.9 Å². The van der Waals surface area contributed by atoms with Crippen LogP contribution in [0.25, 0.3) is 0 Å². The Morgan fingerprint density at radius 1 is 1.38 bits per heavy atom. The Bertz CT molecular complexity index is 291. The van der Waals surface area contributed by atoms with Crippen molar-refractivity contribution >= 4 is 0 Å². The van der Waals surface area contributed by atoms with Crippen molar-refractivity contribution in [2.45, 2.75) is 13.0 Å². The van der Waals surface area contributed by atoms with Crippen LogP contribution in [0.2, 0.25) is 0 Å². The normalized spacial score (nSPS) is 13.0. The molecule has 13 heavy (non-hydrogen) atoms. The minimum absolute atomic E-state index is 0.198. The maximum absolute atomic E-state index is 13.1. The molecule has 0 fully saturated rings. The Labute approximate surface area is 75.0 Å². The van der Waals surface area contributed by atoms with Gasteiger partial charge in [-0.25, -0.2) is 8.78 Å². The fourth-order valence-corrected chi connectivity index (χ4v) is 1.15.